The van der Waals surface area contributed by atoms with E-state index in [0.29, 0.717) is 12.6 Å². The Bertz CT molecular complexity index is 207. The molecule has 2 atom stereocenters. The van der Waals surface area contributed by atoms with Gasteiger partial charge in [0, 0.05) is 6.04 Å². The van der Waals surface area contributed by atoms with Gasteiger partial charge in [0.25, 0.3) is 0 Å². The van der Waals surface area contributed by atoms with Crippen molar-refractivity contribution >= 4 is 5.97 Å². The van der Waals surface area contributed by atoms with Gasteiger partial charge in [-0.05, 0) is 19.4 Å². The largest absolute Gasteiger partial charge is 0.468 e. The lowest BCUT2D eigenvalue weighted by atomic mass is 10.1. The van der Waals surface area contributed by atoms with Crippen LogP contribution in [0.25, 0.3) is 0 Å². The lowest BCUT2D eigenvalue weighted by Crippen LogP contribution is -2.52. The van der Waals surface area contributed by atoms with E-state index in [-0.39, 0.29) is 12.0 Å². The van der Waals surface area contributed by atoms with E-state index in [2.05, 4.69) is 4.90 Å². The van der Waals surface area contributed by atoms with Gasteiger partial charge in [-0.3, -0.25) is 9.69 Å². The molecule has 2 fully saturated rings. The molecule has 74 valence electrons. The molecule has 13 heavy (non-hydrogen) atoms. The van der Waals surface area contributed by atoms with Crippen molar-refractivity contribution in [3.05, 3.63) is 0 Å². The van der Waals surface area contributed by atoms with Crippen molar-refractivity contribution < 1.29 is 14.3 Å². The average molecular weight is 185 g/mol. The van der Waals surface area contributed by atoms with Crippen LogP contribution in [0.1, 0.15) is 12.8 Å². The first-order chi connectivity index (χ1) is 6.33. The molecule has 4 heteroatoms. The number of hydrogen-bond donors (Lipinski definition) is 0. The van der Waals surface area contributed by atoms with E-state index in [1.54, 1.807) is 0 Å². The molecule has 0 aromatic carbocycles. The summed E-state index contributed by atoms with van der Waals surface area (Å²) in [6.45, 7) is 2.27. The Morgan fingerprint density at radius 1 is 1.54 bits per heavy atom. The van der Waals surface area contributed by atoms with Crippen molar-refractivity contribution in [1.82, 2.24) is 4.90 Å². The SMILES string of the molecule is COC(=O)C1COC[C@H]2CCCN12. The van der Waals surface area contributed by atoms with Gasteiger partial charge >= 0.3 is 5.97 Å². The summed E-state index contributed by atoms with van der Waals surface area (Å²) in [5, 5.41) is 0. The molecule has 2 saturated heterocycles. The Hall–Kier alpha value is -0.610. The molecule has 0 aliphatic carbocycles. The lowest BCUT2D eigenvalue weighted by Gasteiger charge is -2.35. The van der Waals surface area contributed by atoms with Gasteiger partial charge in [0.1, 0.15) is 6.04 Å². The molecule has 2 aliphatic rings. The molecule has 0 bridgehead atoms. The van der Waals surface area contributed by atoms with E-state index >= 15 is 0 Å². The van der Waals surface area contributed by atoms with Gasteiger partial charge < -0.3 is 9.47 Å². The van der Waals surface area contributed by atoms with Crippen LogP contribution < -0.4 is 0 Å². The van der Waals surface area contributed by atoms with Crippen LogP contribution in [-0.2, 0) is 14.3 Å². The number of fused-ring (bicyclic) bond motifs is 1. The molecule has 0 saturated carbocycles. The molecular formula is C9H15NO3. The summed E-state index contributed by atoms with van der Waals surface area (Å²) < 4.78 is 10.1. The molecule has 2 heterocycles. The van der Waals surface area contributed by atoms with Gasteiger partial charge in [-0.15, -0.1) is 0 Å². The lowest BCUT2D eigenvalue weighted by molar-refractivity contribution is -0.154. The summed E-state index contributed by atoms with van der Waals surface area (Å²) in [6.07, 6.45) is 2.31. The predicted octanol–water partition coefficient (Wildman–Crippen LogP) is 0.0226. The van der Waals surface area contributed by atoms with Crippen LogP contribution in [0.15, 0.2) is 0 Å². The number of carbonyl (C=O) groups excluding carboxylic acids is 1. The predicted molar refractivity (Wildman–Crippen MR) is 46.4 cm³/mol. The van der Waals surface area contributed by atoms with Gasteiger partial charge in [-0.25, -0.2) is 0 Å². The van der Waals surface area contributed by atoms with E-state index in [1.807, 2.05) is 0 Å². The Labute approximate surface area is 77.8 Å². The number of ether oxygens (including phenoxy) is 2. The molecule has 1 unspecified atom stereocenters. The van der Waals surface area contributed by atoms with E-state index in [9.17, 15) is 4.79 Å². The Kier molecular flexibility index (Phi) is 2.51. The molecule has 2 aliphatic heterocycles. The first kappa shape index (κ1) is 8.97. The minimum Gasteiger partial charge on any atom is -0.468 e. The summed E-state index contributed by atoms with van der Waals surface area (Å²) in [5.74, 6) is -0.161. The molecule has 0 N–H and O–H groups in total. The molecule has 0 radical (unpaired) electrons. The zero-order valence-electron chi connectivity index (χ0n) is 7.86. The number of methoxy groups -OCH3 is 1. The van der Waals surface area contributed by atoms with E-state index < -0.39 is 0 Å². The van der Waals surface area contributed by atoms with Gasteiger partial charge in [0.15, 0.2) is 0 Å². The minimum absolute atomic E-state index is 0.161. The van der Waals surface area contributed by atoms with Crippen LogP contribution in [0, 0.1) is 0 Å². The number of hydrogen-bond acceptors (Lipinski definition) is 4. The fourth-order valence-corrected chi connectivity index (χ4v) is 2.20. The maximum absolute atomic E-state index is 11.4. The smallest absolute Gasteiger partial charge is 0.325 e. The van der Waals surface area contributed by atoms with Crippen molar-refractivity contribution in [3.8, 4) is 0 Å². The molecular weight excluding hydrogens is 170 g/mol. The topological polar surface area (TPSA) is 38.8 Å². The molecule has 0 aromatic rings. The number of carbonyl (C=O) groups is 1. The van der Waals surface area contributed by atoms with Gasteiger partial charge in [0.05, 0.1) is 20.3 Å². The van der Waals surface area contributed by atoms with Crippen LogP contribution in [-0.4, -0.2) is 49.8 Å². The third-order valence-corrected chi connectivity index (χ3v) is 2.88. The second-order valence-electron chi connectivity index (χ2n) is 3.61. The summed E-state index contributed by atoms with van der Waals surface area (Å²) >= 11 is 0. The van der Waals surface area contributed by atoms with Crippen molar-refractivity contribution in [2.45, 2.75) is 24.9 Å². The van der Waals surface area contributed by atoms with Crippen LogP contribution in [0.4, 0.5) is 0 Å². The van der Waals surface area contributed by atoms with Crippen LogP contribution >= 0.6 is 0 Å². The first-order valence-electron chi connectivity index (χ1n) is 4.74. The third kappa shape index (κ3) is 1.56. The monoisotopic (exact) mass is 185 g/mol. The molecule has 4 nitrogen and oxygen atoms in total. The van der Waals surface area contributed by atoms with Crippen molar-refractivity contribution in [3.63, 3.8) is 0 Å². The van der Waals surface area contributed by atoms with E-state index in [1.165, 1.54) is 13.5 Å². The second-order valence-corrected chi connectivity index (χ2v) is 3.61. The molecule has 2 rings (SSSR count). The summed E-state index contributed by atoms with van der Waals surface area (Å²) in [6, 6.07) is 0.282. The number of morpholine rings is 1. The van der Waals surface area contributed by atoms with Crippen LogP contribution in [0.2, 0.25) is 0 Å². The zero-order valence-corrected chi connectivity index (χ0v) is 7.86. The fraction of sp³-hybridized carbons (Fsp3) is 0.889. The zero-order chi connectivity index (χ0) is 9.26. The quantitative estimate of drug-likeness (QED) is 0.540. The normalized spacial score (nSPS) is 34.2. The minimum atomic E-state index is -0.161. The number of nitrogens with zero attached hydrogens (tertiary/aromatic N) is 1. The van der Waals surface area contributed by atoms with Crippen LogP contribution in [0.3, 0.4) is 0 Å². The van der Waals surface area contributed by atoms with E-state index in [4.69, 9.17) is 9.47 Å². The van der Waals surface area contributed by atoms with E-state index in [0.717, 1.165) is 19.6 Å². The fourth-order valence-electron chi connectivity index (χ4n) is 2.20. The van der Waals surface area contributed by atoms with Gasteiger partial charge in [-0.1, -0.05) is 0 Å². The average Bonchev–Trinajstić information content (AvgIpc) is 2.63. The van der Waals surface area contributed by atoms with Gasteiger partial charge in [-0.2, -0.15) is 0 Å². The highest BCUT2D eigenvalue weighted by Crippen LogP contribution is 2.24. The summed E-state index contributed by atoms with van der Waals surface area (Å²) in [5.41, 5.74) is 0. The van der Waals surface area contributed by atoms with Crippen molar-refractivity contribution in [2.24, 2.45) is 0 Å². The summed E-state index contributed by atoms with van der Waals surface area (Å²) in [7, 11) is 1.43. The number of rotatable bonds is 1. The highest BCUT2D eigenvalue weighted by Gasteiger charge is 2.38. The summed E-state index contributed by atoms with van der Waals surface area (Å²) in [4.78, 5) is 13.6. The Morgan fingerprint density at radius 2 is 2.38 bits per heavy atom. The second kappa shape index (κ2) is 3.64. The third-order valence-electron chi connectivity index (χ3n) is 2.88. The van der Waals surface area contributed by atoms with Crippen molar-refractivity contribution in [2.75, 3.05) is 26.9 Å². The first-order valence-corrected chi connectivity index (χ1v) is 4.74. The van der Waals surface area contributed by atoms with Crippen molar-refractivity contribution in [1.29, 1.82) is 0 Å². The van der Waals surface area contributed by atoms with Crippen LogP contribution in [0.5, 0.6) is 0 Å². The standard InChI is InChI=1S/C9H15NO3/c1-12-9(11)8-6-13-5-7-3-2-4-10(7)8/h7-8H,2-6H2,1H3/t7-,8?/m1/s1. The highest BCUT2D eigenvalue weighted by molar-refractivity contribution is 5.76. The molecule has 0 aromatic heterocycles. The highest BCUT2D eigenvalue weighted by atomic mass is 16.5. The maximum Gasteiger partial charge on any atom is 0.325 e. The van der Waals surface area contributed by atoms with Gasteiger partial charge in [0.2, 0.25) is 0 Å². The maximum atomic E-state index is 11.4. The molecule has 0 amide bonds. The number of esters is 1. The molecule has 0 spiro atoms. The Morgan fingerprint density at radius 3 is 3.15 bits per heavy atom. The Balaban J connectivity index is 2.05.